The third-order valence-electron chi connectivity index (χ3n) is 2.19. The Labute approximate surface area is 109 Å². The molecule has 4 N–H and O–H groups in total. The second-order valence-corrected chi connectivity index (χ2v) is 3.64. The molecule has 0 bridgehead atoms. The van der Waals surface area contributed by atoms with Crippen molar-refractivity contribution in [1.29, 1.82) is 0 Å². The zero-order valence-corrected chi connectivity index (χ0v) is 10.1. The van der Waals surface area contributed by atoms with E-state index in [-0.39, 0.29) is 19.1 Å². The normalized spacial score (nSPS) is 9.89. The van der Waals surface area contributed by atoms with Gasteiger partial charge in [0.05, 0.1) is 6.61 Å². The number of nitrogens with one attached hydrogen (secondary N) is 1. The summed E-state index contributed by atoms with van der Waals surface area (Å²) in [6.45, 7) is -0.0930. The number of carboxylic acid groups (broad SMARTS) is 1. The van der Waals surface area contributed by atoms with Crippen LogP contribution in [0.1, 0.15) is 20.7 Å². The van der Waals surface area contributed by atoms with Crippen molar-refractivity contribution in [1.82, 2.24) is 5.32 Å². The van der Waals surface area contributed by atoms with E-state index >= 15 is 0 Å². The first kappa shape index (κ1) is 14.7. The van der Waals surface area contributed by atoms with E-state index in [1.54, 1.807) is 0 Å². The molecule has 0 aliphatic heterocycles. The largest absolute Gasteiger partial charge is 0.480 e. The first-order chi connectivity index (χ1) is 9.00. The van der Waals surface area contributed by atoms with Gasteiger partial charge in [0.1, 0.15) is 6.61 Å². The van der Waals surface area contributed by atoms with E-state index in [0.29, 0.717) is 11.1 Å². The number of rotatable bonds is 7. The quantitative estimate of drug-likeness (QED) is 0.581. The smallest absolute Gasteiger partial charge is 0.329 e. The van der Waals surface area contributed by atoms with E-state index in [4.69, 9.17) is 15.6 Å². The van der Waals surface area contributed by atoms with Crippen molar-refractivity contribution in [2.24, 2.45) is 5.73 Å². The highest BCUT2D eigenvalue weighted by Gasteiger charge is 2.06. The Kier molecular flexibility index (Phi) is 5.49. The number of benzene rings is 1. The molecule has 1 aromatic carbocycles. The SMILES string of the molecule is NC(=O)c1ccc(C(=O)NCCOCC(=O)O)cc1. The minimum absolute atomic E-state index is 0.109. The Morgan fingerprint density at radius 3 is 2.26 bits per heavy atom. The van der Waals surface area contributed by atoms with Crippen LogP contribution >= 0.6 is 0 Å². The van der Waals surface area contributed by atoms with Crippen LogP contribution in [0.3, 0.4) is 0 Å². The molecule has 1 aromatic rings. The number of nitrogens with two attached hydrogens (primary N) is 1. The van der Waals surface area contributed by atoms with Gasteiger partial charge in [-0.3, -0.25) is 9.59 Å². The highest BCUT2D eigenvalue weighted by Crippen LogP contribution is 2.03. The van der Waals surface area contributed by atoms with Crippen molar-refractivity contribution in [2.45, 2.75) is 0 Å². The number of carboxylic acids is 1. The molecule has 7 nitrogen and oxygen atoms in total. The summed E-state index contributed by atoms with van der Waals surface area (Å²) in [6, 6.07) is 5.87. The molecule has 0 aromatic heterocycles. The van der Waals surface area contributed by atoms with Crippen LogP contribution in [0, 0.1) is 0 Å². The van der Waals surface area contributed by atoms with Crippen LogP contribution in [-0.2, 0) is 9.53 Å². The Hall–Kier alpha value is -2.41. The van der Waals surface area contributed by atoms with E-state index in [0.717, 1.165) is 0 Å². The summed E-state index contributed by atoms with van der Waals surface area (Å²) < 4.78 is 4.76. The molecule has 19 heavy (non-hydrogen) atoms. The van der Waals surface area contributed by atoms with Crippen molar-refractivity contribution in [3.63, 3.8) is 0 Å². The lowest BCUT2D eigenvalue weighted by Crippen LogP contribution is -2.28. The van der Waals surface area contributed by atoms with Gasteiger partial charge in [-0.15, -0.1) is 0 Å². The number of carbonyl (C=O) groups is 3. The molecule has 102 valence electrons. The van der Waals surface area contributed by atoms with Crippen LogP contribution in [0.4, 0.5) is 0 Å². The fraction of sp³-hybridized carbons (Fsp3) is 0.250. The van der Waals surface area contributed by atoms with Crippen LogP contribution in [-0.4, -0.2) is 42.6 Å². The minimum atomic E-state index is -1.06. The van der Waals surface area contributed by atoms with Crippen molar-refractivity contribution in [2.75, 3.05) is 19.8 Å². The van der Waals surface area contributed by atoms with E-state index in [1.165, 1.54) is 24.3 Å². The lowest BCUT2D eigenvalue weighted by molar-refractivity contribution is -0.142. The number of hydrogen-bond donors (Lipinski definition) is 3. The number of amides is 2. The molecular weight excluding hydrogens is 252 g/mol. The van der Waals surface area contributed by atoms with E-state index in [1.807, 2.05) is 0 Å². The highest BCUT2D eigenvalue weighted by atomic mass is 16.5. The fourth-order valence-electron chi connectivity index (χ4n) is 1.28. The molecule has 1 rings (SSSR count). The molecule has 0 unspecified atom stereocenters. The fourth-order valence-corrected chi connectivity index (χ4v) is 1.28. The molecule has 0 aliphatic rings. The maximum absolute atomic E-state index is 11.6. The standard InChI is InChI=1S/C12H14N2O5/c13-11(17)8-1-3-9(4-2-8)12(18)14-5-6-19-7-10(15)16/h1-4H,5-7H2,(H2,13,17)(H,14,18)(H,15,16). The summed E-state index contributed by atoms with van der Waals surface area (Å²) in [7, 11) is 0. The van der Waals surface area contributed by atoms with Gasteiger partial charge in [-0.2, -0.15) is 0 Å². The highest BCUT2D eigenvalue weighted by molar-refractivity contribution is 5.97. The predicted octanol–water partition coefficient (Wildman–Crippen LogP) is -0.383. The summed E-state index contributed by atoms with van der Waals surface area (Å²) in [5.74, 6) is -1.96. The van der Waals surface area contributed by atoms with Gasteiger partial charge in [0.15, 0.2) is 0 Å². The molecule has 2 amide bonds. The van der Waals surface area contributed by atoms with E-state index in [2.05, 4.69) is 5.32 Å². The van der Waals surface area contributed by atoms with Gasteiger partial charge >= 0.3 is 5.97 Å². The van der Waals surface area contributed by atoms with Crippen molar-refractivity contribution in [3.8, 4) is 0 Å². The molecule has 0 heterocycles. The molecule has 0 saturated heterocycles. The van der Waals surface area contributed by atoms with Crippen molar-refractivity contribution < 1.29 is 24.2 Å². The monoisotopic (exact) mass is 266 g/mol. The summed E-state index contributed by atoms with van der Waals surface area (Å²) in [5, 5.41) is 10.9. The topological polar surface area (TPSA) is 119 Å². The van der Waals surface area contributed by atoms with Gasteiger partial charge in [-0.1, -0.05) is 0 Å². The summed E-state index contributed by atoms with van der Waals surface area (Å²) in [6.07, 6.45) is 0. The average Bonchev–Trinajstić information content (AvgIpc) is 2.37. The van der Waals surface area contributed by atoms with Gasteiger partial charge in [-0.05, 0) is 24.3 Å². The van der Waals surface area contributed by atoms with Crippen LogP contribution < -0.4 is 11.1 Å². The van der Waals surface area contributed by atoms with Crippen LogP contribution in [0.15, 0.2) is 24.3 Å². The first-order valence-electron chi connectivity index (χ1n) is 5.48. The number of hydrogen-bond acceptors (Lipinski definition) is 4. The number of aliphatic carboxylic acids is 1. The van der Waals surface area contributed by atoms with Gasteiger partial charge in [-0.25, -0.2) is 4.79 Å². The van der Waals surface area contributed by atoms with Gasteiger partial charge in [0, 0.05) is 17.7 Å². The second-order valence-electron chi connectivity index (χ2n) is 3.64. The van der Waals surface area contributed by atoms with Crippen LogP contribution in [0.2, 0.25) is 0 Å². The van der Waals surface area contributed by atoms with Crippen LogP contribution in [0.5, 0.6) is 0 Å². The Morgan fingerprint density at radius 1 is 1.16 bits per heavy atom. The minimum Gasteiger partial charge on any atom is -0.480 e. The summed E-state index contributed by atoms with van der Waals surface area (Å²) >= 11 is 0. The maximum atomic E-state index is 11.6. The molecule has 0 saturated carbocycles. The lowest BCUT2D eigenvalue weighted by Gasteiger charge is -2.05. The van der Waals surface area contributed by atoms with Crippen molar-refractivity contribution in [3.05, 3.63) is 35.4 Å². The van der Waals surface area contributed by atoms with Gasteiger partial charge < -0.3 is 20.9 Å². The van der Waals surface area contributed by atoms with Crippen LogP contribution in [0.25, 0.3) is 0 Å². The Bertz CT molecular complexity index is 470. The average molecular weight is 266 g/mol. The Morgan fingerprint density at radius 2 is 1.74 bits per heavy atom. The molecule has 7 heteroatoms. The van der Waals surface area contributed by atoms with Crippen molar-refractivity contribution >= 4 is 17.8 Å². The zero-order valence-electron chi connectivity index (χ0n) is 10.1. The molecule has 0 aliphatic carbocycles. The molecular formula is C12H14N2O5. The third kappa shape index (κ3) is 5.17. The summed E-state index contributed by atoms with van der Waals surface area (Å²) in [5.41, 5.74) is 5.77. The Balaban J connectivity index is 2.37. The molecule has 0 fully saturated rings. The second kappa shape index (κ2) is 7.12. The molecule has 0 atom stereocenters. The van der Waals surface area contributed by atoms with E-state index < -0.39 is 18.5 Å². The molecule has 0 radical (unpaired) electrons. The number of primary amides is 1. The first-order valence-corrected chi connectivity index (χ1v) is 5.48. The number of carbonyl (C=O) groups excluding carboxylic acids is 2. The van der Waals surface area contributed by atoms with Gasteiger partial charge in [0.2, 0.25) is 5.91 Å². The predicted molar refractivity (Wildman–Crippen MR) is 65.7 cm³/mol. The number of ether oxygens (including phenoxy) is 1. The molecule has 0 spiro atoms. The van der Waals surface area contributed by atoms with Gasteiger partial charge in [0.25, 0.3) is 5.91 Å². The maximum Gasteiger partial charge on any atom is 0.329 e. The zero-order chi connectivity index (χ0) is 14.3. The third-order valence-corrected chi connectivity index (χ3v) is 2.19. The lowest BCUT2D eigenvalue weighted by atomic mass is 10.1. The summed E-state index contributed by atoms with van der Waals surface area (Å²) in [4.78, 5) is 32.6. The van der Waals surface area contributed by atoms with E-state index in [9.17, 15) is 14.4 Å².